The SMILES string of the molecule is C[C@@H](N)C(=O)NC1CCC(Oc2ccc3c(c2)CCC(c2ccccc2)O3)CC1.Cl. The van der Waals surface area contributed by atoms with Crippen LogP contribution in [0, 0.1) is 0 Å². The molecule has 1 fully saturated rings. The van der Waals surface area contributed by atoms with Crippen LogP contribution >= 0.6 is 12.4 Å². The van der Waals surface area contributed by atoms with E-state index < -0.39 is 6.04 Å². The van der Waals surface area contributed by atoms with E-state index in [2.05, 4.69) is 35.6 Å². The van der Waals surface area contributed by atoms with Gasteiger partial charge in [-0.2, -0.15) is 0 Å². The number of rotatable bonds is 5. The van der Waals surface area contributed by atoms with Gasteiger partial charge in [-0.15, -0.1) is 12.4 Å². The van der Waals surface area contributed by atoms with Crippen molar-refractivity contribution in [1.29, 1.82) is 0 Å². The zero-order chi connectivity index (χ0) is 20.2. The number of amides is 1. The summed E-state index contributed by atoms with van der Waals surface area (Å²) in [5, 5.41) is 3.03. The maximum absolute atomic E-state index is 11.8. The Morgan fingerprint density at radius 3 is 2.53 bits per heavy atom. The van der Waals surface area contributed by atoms with Gasteiger partial charge in [-0.1, -0.05) is 30.3 Å². The zero-order valence-electron chi connectivity index (χ0n) is 17.4. The minimum absolute atomic E-state index is 0. The largest absolute Gasteiger partial charge is 0.490 e. The van der Waals surface area contributed by atoms with E-state index in [-0.39, 0.29) is 36.6 Å². The molecule has 1 aliphatic carbocycles. The number of hydrogen-bond acceptors (Lipinski definition) is 4. The van der Waals surface area contributed by atoms with Crippen molar-refractivity contribution < 1.29 is 14.3 Å². The molecule has 1 unspecified atom stereocenters. The summed E-state index contributed by atoms with van der Waals surface area (Å²) in [6.07, 6.45) is 6.01. The average Bonchev–Trinajstić information content (AvgIpc) is 2.75. The van der Waals surface area contributed by atoms with E-state index in [0.29, 0.717) is 0 Å². The molecule has 6 heteroatoms. The molecule has 2 atom stereocenters. The molecular weight excluding hydrogens is 400 g/mol. The molecule has 1 amide bonds. The highest BCUT2D eigenvalue weighted by molar-refractivity contribution is 5.85. The number of nitrogens with two attached hydrogens (primary N) is 1. The second kappa shape index (κ2) is 10.2. The van der Waals surface area contributed by atoms with Crippen molar-refractivity contribution in [2.24, 2.45) is 5.73 Å². The normalized spacial score (nSPS) is 23.9. The Bertz CT molecular complexity index is 836. The average molecular weight is 431 g/mol. The van der Waals surface area contributed by atoms with E-state index in [0.717, 1.165) is 50.0 Å². The van der Waals surface area contributed by atoms with Crippen LogP contribution in [0.1, 0.15) is 56.3 Å². The van der Waals surface area contributed by atoms with Crippen LogP contribution in [0.25, 0.3) is 0 Å². The van der Waals surface area contributed by atoms with Crippen LogP contribution in [0.5, 0.6) is 11.5 Å². The second-order valence-electron chi connectivity index (χ2n) is 8.21. The van der Waals surface area contributed by atoms with E-state index in [1.165, 1.54) is 11.1 Å². The summed E-state index contributed by atoms with van der Waals surface area (Å²) in [4.78, 5) is 11.8. The summed E-state index contributed by atoms with van der Waals surface area (Å²) < 4.78 is 12.5. The molecule has 1 heterocycles. The number of hydrogen-bond donors (Lipinski definition) is 2. The highest BCUT2D eigenvalue weighted by Gasteiger charge is 2.25. The van der Waals surface area contributed by atoms with Gasteiger partial charge in [0.2, 0.25) is 5.91 Å². The van der Waals surface area contributed by atoms with E-state index >= 15 is 0 Å². The number of aryl methyl sites for hydroxylation is 1. The lowest BCUT2D eigenvalue weighted by molar-refractivity contribution is -0.123. The Morgan fingerprint density at radius 1 is 1.10 bits per heavy atom. The molecule has 162 valence electrons. The molecule has 4 rings (SSSR count). The van der Waals surface area contributed by atoms with Crippen molar-refractivity contribution in [3.05, 3.63) is 59.7 Å². The first-order valence-corrected chi connectivity index (χ1v) is 10.7. The fraction of sp³-hybridized carbons (Fsp3) is 0.458. The van der Waals surface area contributed by atoms with Gasteiger partial charge in [0.15, 0.2) is 0 Å². The third kappa shape index (κ3) is 5.46. The number of fused-ring (bicyclic) bond motifs is 1. The number of nitrogens with one attached hydrogen (secondary N) is 1. The molecule has 0 spiro atoms. The first-order valence-electron chi connectivity index (χ1n) is 10.7. The van der Waals surface area contributed by atoms with Gasteiger partial charge in [0.1, 0.15) is 17.6 Å². The number of carbonyl (C=O) groups is 1. The monoisotopic (exact) mass is 430 g/mol. The lowest BCUT2D eigenvalue weighted by atomic mass is 9.92. The van der Waals surface area contributed by atoms with Crippen LogP contribution in [-0.4, -0.2) is 24.1 Å². The van der Waals surface area contributed by atoms with Crippen LogP contribution < -0.4 is 20.5 Å². The van der Waals surface area contributed by atoms with Gasteiger partial charge in [0.05, 0.1) is 12.1 Å². The predicted octanol–water partition coefficient (Wildman–Crippen LogP) is 4.33. The predicted molar refractivity (Wildman–Crippen MR) is 120 cm³/mol. The Hall–Kier alpha value is -2.24. The Balaban J connectivity index is 0.00000256. The van der Waals surface area contributed by atoms with Crippen molar-refractivity contribution >= 4 is 18.3 Å². The third-order valence-electron chi connectivity index (χ3n) is 5.89. The van der Waals surface area contributed by atoms with Gasteiger partial charge in [0.25, 0.3) is 0 Å². The van der Waals surface area contributed by atoms with Gasteiger partial charge in [0, 0.05) is 6.04 Å². The van der Waals surface area contributed by atoms with Gasteiger partial charge < -0.3 is 20.5 Å². The van der Waals surface area contributed by atoms with E-state index in [1.807, 2.05) is 18.2 Å². The zero-order valence-corrected chi connectivity index (χ0v) is 18.2. The van der Waals surface area contributed by atoms with E-state index in [9.17, 15) is 4.79 Å². The summed E-state index contributed by atoms with van der Waals surface area (Å²) in [7, 11) is 0. The van der Waals surface area contributed by atoms with Crippen LogP contribution in [0.15, 0.2) is 48.5 Å². The maximum Gasteiger partial charge on any atom is 0.236 e. The number of halogens is 1. The van der Waals surface area contributed by atoms with Gasteiger partial charge in [-0.3, -0.25) is 4.79 Å². The fourth-order valence-electron chi connectivity index (χ4n) is 4.19. The fourth-order valence-corrected chi connectivity index (χ4v) is 4.19. The van der Waals surface area contributed by atoms with Gasteiger partial charge >= 0.3 is 0 Å². The lowest BCUT2D eigenvalue weighted by Crippen LogP contribution is -2.46. The lowest BCUT2D eigenvalue weighted by Gasteiger charge is -2.31. The first-order chi connectivity index (χ1) is 14.1. The molecular formula is C24H31ClN2O3. The van der Waals surface area contributed by atoms with Crippen molar-refractivity contribution in [3.63, 3.8) is 0 Å². The molecule has 0 radical (unpaired) electrons. The molecule has 30 heavy (non-hydrogen) atoms. The van der Waals surface area contributed by atoms with Crippen LogP contribution in [0.2, 0.25) is 0 Å². The number of benzene rings is 2. The molecule has 1 saturated carbocycles. The van der Waals surface area contributed by atoms with Gasteiger partial charge in [-0.25, -0.2) is 0 Å². The Morgan fingerprint density at radius 2 is 1.83 bits per heavy atom. The first kappa shape index (κ1) is 22.4. The Labute approximate surface area is 184 Å². The third-order valence-corrected chi connectivity index (χ3v) is 5.89. The molecule has 2 aliphatic rings. The van der Waals surface area contributed by atoms with Crippen molar-refractivity contribution in [1.82, 2.24) is 5.32 Å². The topological polar surface area (TPSA) is 73.6 Å². The minimum atomic E-state index is -0.455. The number of carbonyl (C=O) groups excluding carboxylic acids is 1. The molecule has 3 N–H and O–H groups in total. The minimum Gasteiger partial charge on any atom is -0.490 e. The van der Waals surface area contributed by atoms with Crippen LogP contribution in [0.3, 0.4) is 0 Å². The Kier molecular flexibility index (Phi) is 7.62. The van der Waals surface area contributed by atoms with Crippen molar-refractivity contribution in [3.8, 4) is 11.5 Å². The molecule has 2 aromatic rings. The van der Waals surface area contributed by atoms with Gasteiger partial charge in [-0.05, 0) is 74.8 Å². The second-order valence-corrected chi connectivity index (χ2v) is 8.21. The van der Waals surface area contributed by atoms with Crippen LogP contribution in [-0.2, 0) is 11.2 Å². The highest BCUT2D eigenvalue weighted by Crippen LogP contribution is 2.37. The summed E-state index contributed by atoms with van der Waals surface area (Å²) in [6, 6.07) is 16.3. The number of ether oxygens (including phenoxy) is 2. The van der Waals surface area contributed by atoms with Crippen LogP contribution in [0.4, 0.5) is 0 Å². The summed E-state index contributed by atoms with van der Waals surface area (Å²) >= 11 is 0. The highest BCUT2D eigenvalue weighted by atomic mass is 35.5. The molecule has 0 aromatic heterocycles. The van der Waals surface area contributed by atoms with Crippen molar-refractivity contribution in [2.45, 2.75) is 69.7 Å². The molecule has 0 bridgehead atoms. The molecule has 0 saturated heterocycles. The quantitative estimate of drug-likeness (QED) is 0.740. The molecule has 2 aromatic carbocycles. The van der Waals surface area contributed by atoms with E-state index in [4.69, 9.17) is 15.2 Å². The smallest absolute Gasteiger partial charge is 0.236 e. The molecule has 1 aliphatic heterocycles. The maximum atomic E-state index is 11.8. The van der Waals surface area contributed by atoms with Crippen molar-refractivity contribution in [2.75, 3.05) is 0 Å². The summed E-state index contributed by atoms with van der Waals surface area (Å²) in [5.74, 6) is 1.80. The summed E-state index contributed by atoms with van der Waals surface area (Å²) in [5.41, 5.74) is 8.08. The summed E-state index contributed by atoms with van der Waals surface area (Å²) in [6.45, 7) is 1.71. The standard InChI is InChI=1S/C24H30N2O3.ClH/c1-16(25)24(27)26-19-8-10-20(11-9-19)28-21-12-14-23-18(15-21)7-13-22(29-23)17-5-3-2-4-6-17;/h2-6,12,14-16,19-20,22H,7-11,13,25H2,1H3,(H,26,27);1H/t16-,19?,20?,22?;/m1./s1. The molecule has 5 nitrogen and oxygen atoms in total. The van der Waals surface area contributed by atoms with E-state index in [1.54, 1.807) is 6.92 Å².